The zero-order valence-corrected chi connectivity index (χ0v) is 12.3. The van der Waals surface area contributed by atoms with E-state index in [1.165, 1.54) is 5.56 Å². The first-order valence-electron chi connectivity index (χ1n) is 4.48. The minimum absolute atomic E-state index is 0.469. The number of hydrogen-bond acceptors (Lipinski definition) is 1. The fourth-order valence-corrected chi connectivity index (χ4v) is 1.90. The second kappa shape index (κ2) is 5.02. The number of hydrogen-bond donors (Lipinski definition) is 0. The van der Waals surface area contributed by atoms with Gasteiger partial charge in [0.2, 0.25) is 0 Å². The molecule has 0 aliphatic heterocycles. The van der Waals surface area contributed by atoms with E-state index in [0.29, 0.717) is 16.5 Å². The van der Waals surface area contributed by atoms with Gasteiger partial charge in [0.1, 0.15) is 0 Å². The molecule has 0 amide bonds. The van der Waals surface area contributed by atoms with Crippen molar-refractivity contribution in [2.45, 2.75) is 13.3 Å². The van der Waals surface area contributed by atoms with E-state index in [2.05, 4.69) is 19.1 Å². The Morgan fingerprint density at radius 1 is 1.54 bits per heavy atom. The monoisotopic (exact) mass is 236 g/mol. The number of carbonyl (C=O) groups excluding carboxylic acids is 1. The molecule has 0 atom stereocenters. The average Bonchev–Trinajstić information content (AvgIpc) is 2.18. The van der Waals surface area contributed by atoms with Crippen LogP contribution in [-0.2, 0) is 11.2 Å². The van der Waals surface area contributed by atoms with Crippen molar-refractivity contribution in [3.05, 3.63) is 39.8 Å². The molecule has 0 spiro atoms. The second-order valence-corrected chi connectivity index (χ2v) is 5.53. The number of aldehydes is 1. The topological polar surface area (TPSA) is 17.1 Å². The Labute approximate surface area is 87.1 Å². The summed E-state index contributed by atoms with van der Waals surface area (Å²) >= 11 is 0.469. The summed E-state index contributed by atoms with van der Waals surface area (Å²) in [6, 6.07) is 8.31. The zero-order chi connectivity index (χ0) is 9.68. The van der Waals surface area contributed by atoms with E-state index in [4.69, 9.17) is 0 Å². The predicted molar refractivity (Wildman–Crippen MR) is 59.8 cm³/mol. The molecule has 0 aliphatic carbocycles. The van der Waals surface area contributed by atoms with Gasteiger partial charge in [0, 0.05) is 0 Å². The van der Waals surface area contributed by atoms with Crippen LogP contribution in [0.1, 0.15) is 18.1 Å². The van der Waals surface area contributed by atoms with Gasteiger partial charge in [-0.1, -0.05) is 0 Å². The molecule has 0 saturated heterocycles. The summed E-state index contributed by atoms with van der Waals surface area (Å²) in [4.78, 5) is 10.4. The first-order valence-corrected chi connectivity index (χ1v) is 6.58. The number of rotatable bonds is 3. The summed E-state index contributed by atoms with van der Waals surface area (Å²) in [6.07, 6.45) is 3.98. The maximum absolute atomic E-state index is 10.4. The van der Waals surface area contributed by atoms with E-state index in [1.807, 2.05) is 18.2 Å². The fourth-order valence-electron chi connectivity index (χ4n) is 1.20. The van der Waals surface area contributed by atoms with Crippen LogP contribution in [0.25, 0.3) is 6.08 Å². The summed E-state index contributed by atoms with van der Waals surface area (Å²) in [5.74, 6) is 0. The fraction of sp³-hybridized carbons (Fsp3) is 0.182. The van der Waals surface area contributed by atoms with Gasteiger partial charge >= 0.3 is 86.8 Å². The van der Waals surface area contributed by atoms with Crippen molar-refractivity contribution in [3.8, 4) is 0 Å². The van der Waals surface area contributed by atoms with Gasteiger partial charge in [0.05, 0.1) is 0 Å². The molecule has 1 aromatic rings. The van der Waals surface area contributed by atoms with Gasteiger partial charge in [-0.2, -0.15) is 0 Å². The van der Waals surface area contributed by atoms with Crippen LogP contribution < -0.4 is 0 Å². The first-order chi connectivity index (χ1) is 6.26. The van der Waals surface area contributed by atoms with Crippen molar-refractivity contribution in [1.29, 1.82) is 0 Å². The van der Waals surface area contributed by atoms with E-state index in [0.717, 1.165) is 22.7 Å². The molecule has 0 aromatic heterocycles. The molecule has 0 saturated carbocycles. The summed E-state index contributed by atoms with van der Waals surface area (Å²) in [7, 11) is 0. The molecule has 1 aromatic carbocycles. The van der Waals surface area contributed by atoms with Gasteiger partial charge in [-0.15, -0.1) is 0 Å². The third-order valence-corrected chi connectivity index (χ3v) is 3.04. The Balaban J connectivity index is 2.95. The Bertz CT molecular complexity index is 329. The third-order valence-electron chi connectivity index (χ3n) is 1.94. The van der Waals surface area contributed by atoms with Gasteiger partial charge < -0.3 is 0 Å². The van der Waals surface area contributed by atoms with Crippen molar-refractivity contribution in [2.75, 3.05) is 0 Å². The van der Waals surface area contributed by atoms with Crippen LogP contribution in [0.2, 0.25) is 0 Å². The van der Waals surface area contributed by atoms with Crippen molar-refractivity contribution < 1.29 is 4.79 Å². The van der Waals surface area contributed by atoms with Crippen LogP contribution in [0.5, 0.6) is 0 Å². The molecule has 0 N–H and O–H groups in total. The van der Waals surface area contributed by atoms with Crippen molar-refractivity contribution >= 4 is 28.9 Å². The van der Waals surface area contributed by atoms with Crippen molar-refractivity contribution in [3.63, 3.8) is 0 Å². The molecule has 0 radical (unpaired) electrons. The second-order valence-electron chi connectivity index (χ2n) is 3.10. The number of benzene rings is 1. The molecule has 0 aliphatic rings. The Kier molecular flexibility index (Phi) is 3.96. The zero-order valence-electron chi connectivity index (χ0n) is 8.08. The van der Waals surface area contributed by atoms with Crippen LogP contribution in [0.4, 0.5) is 0 Å². The molecule has 0 unspecified atom stereocenters. The molecule has 13 heavy (non-hydrogen) atoms. The number of carbonyl (C=O) groups is 1. The molecule has 68 valence electrons. The van der Waals surface area contributed by atoms with Crippen LogP contribution in [0, 0.1) is 0 Å². The predicted octanol–water partition coefficient (Wildman–Crippen LogP) is 1.15. The van der Waals surface area contributed by atoms with Gasteiger partial charge in [0.15, 0.2) is 0 Å². The van der Waals surface area contributed by atoms with Gasteiger partial charge in [-0.05, 0) is 0 Å². The number of aryl methyl sites for hydroxylation is 1. The number of allylic oxidation sites excluding steroid dienone is 1. The van der Waals surface area contributed by atoms with Crippen LogP contribution in [0.3, 0.4) is 0 Å². The minimum atomic E-state index is 0.469. The molecule has 1 nitrogen and oxygen atoms in total. The van der Waals surface area contributed by atoms with Gasteiger partial charge in [-0.3, -0.25) is 0 Å². The maximum atomic E-state index is 10.4. The van der Waals surface area contributed by atoms with E-state index in [-0.39, 0.29) is 0 Å². The molecule has 0 bridgehead atoms. The van der Waals surface area contributed by atoms with Crippen LogP contribution >= 0.6 is 0 Å². The van der Waals surface area contributed by atoms with Gasteiger partial charge in [-0.25, -0.2) is 0 Å². The van der Waals surface area contributed by atoms with Gasteiger partial charge in [0.25, 0.3) is 0 Å². The Morgan fingerprint density at radius 2 is 2.31 bits per heavy atom. The normalized spacial score (nSPS) is 11.6. The Morgan fingerprint density at radius 3 is 2.92 bits per heavy atom. The average molecular weight is 235 g/mol. The summed E-state index contributed by atoms with van der Waals surface area (Å²) < 4.78 is 0.945. The molecular weight excluding hydrogens is 221 g/mol. The van der Waals surface area contributed by atoms with E-state index < -0.39 is 0 Å². The van der Waals surface area contributed by atoms with E-state index >= 15 is 0 Å². The molecule has 1 rings (SSSR count). The quantitative estimate of drug-likeness (QED) is 0.436. The summed E-state index contributed by atoms with van der Waals surface area (Å²) in [5.41, 5.74) is 2.47. The first kappa shape index (κ1) is 10.3. The molecule has 0 fully saturated rings. The Hall–Kier alpha value is -0.827. The SMILES string of the molecule is CCc1cccc(C=[C]([GeH3])C=O)c1. The van der Waals surface area contributed by atoms with Crippen LogP contribution in [0.15, 0.2) is 28.7 Å². The van der Waals surface area contributed by atoms with E-state index in [1.54, 1.807) is 0 Å². The van der Waals surface area contributed by atoms with Crippen LogP contribution in [-0.4, -0.2) is 22.8 Å². The molecule has 0 heterocycles. The summed E-state index contributed by atoms with van der Waals surface area (Å²) in [5, 5.41) is 0. The summed E-state index contributed by atoms with van der Waals surface area (Å²) in [6.45, 7) is 2.13. The van der Waals surface area contributed by atoms with Crippen molar-refractivity contribution in [2.24, 2.45) is 0 Å². The molecular formula is C11H14GeO. The van der Waals surface area contributed by atoms with E-state index in [9.17, 15) is 4.79 Å². The standard InChI is InChI=1S/C11H14GeO/c1-2-9-4-3-5-10(6-9)7-11(12)8-13/h3-8H,2H2,1,12H3. The van der Waals surface area contributed by atoms with Crippen molar-refractivity contribution in [1.82, 2.24) is 0 Å². The molecule has 2 heteroatoms. The third kappa shape index (κ3) is 3.19.